The highest BCUT2D eigenvalue weighted by atomic mass is 14.9. The van der Waals surface area contributed by atoms with Gasteiger partial charge in [0, 0.05) is 6.04 Å². The zero-order valence-corrected chi connectivity index (χ0v) is 11.6. The van der Waals surface area contributed by atoms with Crippen LogP contribution in [0.2, 0.25) is 0 Å². The van der Waals surface area contributed by atoms with E-state index in [0.717, 1.165) is 12.3 Å². The zero-order chi connectivity index (χ0) is 12.2. The molecule has 0 heterocycles. The largest absolute Gasteiger partial charge is 0.314 e. The highest BCUT2D eigenvalue weighted by Crippen LogP contribution is 2.09. The molecular formula is C15H31N. The smallest absolute Gasteiger partial charge is 0.00416 e. The van der Waals surface area contributed by atoms with Gasteiger partial charge in [0.1, 0.15) is 0 Å². The molecule has 0 aliphatic carbocycles. The number of hydrogen-bond acceptors (Lipinski definition) is 1. The summed E-state index contributed by atoms with van der Waals surface area (Å²) in [5, 5.41) is 3.57. The van der Waals surface area contributed by atoms with Crippen molar-refractivity contribution in [3.05, 3.63) is 12.7 Å². The lowest BCUT2D eigenvalue weighted by molar-refractivity contribution is 0.481. The Hall–Kier alpha value is -0.300. The highest BCUT2D eigenvalue weighted by molar-refractivity contribution is 4.70. The first kappa shape index (κ1) is 15.7. The maximum absolute atomic E-state index is 3.75. The molecule has 0 saturated carbocycles. The first-order valence-corrected chi connectivity index (χ1v) is 7.01. The van der Waals surface area contributed by atoms with Gasteiger partial charge >= 0.3 is 0 Å². The van der Waals surface area contributed by atoms with Crippen molar-refractivity contribution >= 4 is 0 Å². The summed E-state index contributed by atoms with van der Waals surface area (Å²) in [6.45, 7) is 11.8. The Morgan fingerprint density at radius 1 is 1.00 bits per heavy atom. The van der Waals surface area contributed by atoms with E-state index >= 15 is 0 Å². The van der Waals surface area contributed by atoms with E-state index in [9.17, 15) is 0 Å². The van der Waals surface area contributed by atoms with Crippen LogP contribution in [0.3, 0.4) is 0 Å². The molecule has 0 rings (SSSR count). The minimum absolute atomic E-state index is 0.647. The van der Waals surface area contributed by atoms with Crippen molar-refractivity contribution < 1.29 is 0 Å². The minimum atomic E-state index is 0.647. The van der Waals surface area contributed by atoms with Crippen LogP contribution in [-0.4, -0.2) is 12.6 Å². The maximum atomic E-state index is 3.75. The van der Waals surface area contributed by atoms with E-state index in [2.05, 4.69) is 32.7 Å². The lowest BCUT2D eigenvalue weighted by Crippen LogP contribution is -2.26. The van der Waals surface area contributed by atoms with Crippen molar-refractivity contribution in [2.45, 2.75) is 71.8 Å². The van der Waals surface area contributed by atoms with Crippen LogP contribution < -0.4 is 5.32 Å². The molecule has 0 aromatic carbocycles. The van der Waals surface area contributed by atoms with E-state index in [1.807, 2.05) is 6.08 Å². The molecule has 0 aliphatic rings. The van der Waals surface area contributed by atoms with Crippen LogP contribution in [0.15, 0.2) is 12.7 Å². The van der Waals surface area contributed by atoms with Gasteiger partial charge in [-0.2, -0.15) is 0 Å². The van der Waals surface area contributed by atoms with Crippen LogP contribution in [-0.2, 0) is 0 Å². The van der Waals surface area contributed by atoms with Gasteiger partial charge in [0.05, 0.1) is 0 Å². The van der Waals surface area contributed by atoms with Gasteiger partial charge in [-0.25, -0.2) is 0 Å². The predicted octanol–water partition coefficient (Wildman–Crippen LogP) is 4.54. The van der Waals surface area contributed by atoms with Gasteiger partial charge in [-0.15, -0.1) is 6.58 Å². The molecule has 1 nitrogen and oxygen atoms in total. The summed E-state index contributed by atoms with van der Waals surface area (Å²) in [6, 6.07) is 0.647. The summed E-state index contributed by atoms with van der Waals surface area (Å²) in [6.07, 6.45) is 11.3. The van der Waals surface area contributed by atoms with Crippen molar-refractivity contribution in [3.63, 3.8) is 0 Å². The zero-order valence-electron chi connectivity index (χ0n) is 11.6. The third kappa shape index (κ3) is 11.8. The minimum Gasteiger partial charge on any atom is -0.314 e. The van der Waals surface area contributed by atoms with E-state index < -0.39 is 0 Å². The molecule has 1 N–H and O–H groups in total. The first-order chi connectivity index (χ1) is 7.66. The van der Waals surface area contributed by atoms with Crippen molar-refractivity contribution in [3.8, 4) is 0 Å². The van der Waals surface area contributed by atoms with E-state index in [1.165, 1.54) is 45.1 Å². The van der Waals surface area contributed by atoms with Gasteiger partial charge in [-0.3, -0.25) is 0 Å². The monoisotopic (exact) mass is 225 g/mol. The fraction of sp³-hybridized carbons (Fsp3) is 0.867. The molecule has 16 heavy (non-hydrogen) atoms. The van der Waals surface area contributed by atoms with Gasteiger partial charge in [-0.05, 0) is 38.6 Å². The van der Waals surface area contributed by atoms with Crippen LogP contribution in [0.4, 0.5) is 0 Å². The fourth-order valence-electron chi connectivity index (χ4n) is 1.85. The topological polar surface area (TPSA) is 12.0 Å². The molecular weight excluding hydrogens is 194 g/mol. The molecule has 0 radical (unpaired) electrons. The molecule has 0 bridgehead atoms. The Morgan fingerprint density at radius 2 is 1.69 bits per heavy atom. The van der Waals surface area contributed by atoms with E-state index in [0.29, 0.717) is 6.04 Å². The van der Waals surface area contributed by atoms with Crippen molar-refractivity contribution in [1.82, 2.24) is 5.32 Å². The molecule has 1 atom stereocenters. The second-order valence-corrected chi connectivity index (χ2v) is 5.32. The van der Waals surface area contributed by atoms with Crippen LogP contribution in [0.1, 0.15) is 65.7 Å². The van der Waals surface area contributed by atoms with E-state index in [4.69, 9.17) is 0 Å². The summed E-state index contributed by atoms with van der Waals surface area (Å²) in [7, 11) is 0. The number of nitrogens with one attached hydrogen (secondary N) is 1. The molecule has 0 aliphatic heterocycles. The number of rotatable bonds is 11. The first-order valence-electron chi connectivity index (χ1n) is 7.01. The predicted molar refractivity (Wildman–Crippen MR) is 74.8 cm³/mol. The third-order valence-corrected chi connectivity index (χ3v) is 3.00. The Balaban J connectivity index is 3.11. The van der Waals surface area contributed by atoms with Gasteiger partial charge in [-0.1, -0.05) is 45.6 Å². The maximum Gasteiger partial charge on any atom is 0.00416 e. The standard InChI is InChI=1S/C15H31N/c1-5-6-12-15(4)16-13-10-8-7-9-11-14(2)3/h5,14-16H,1,6-13H2,2-4H3. The summed E-state index contributed by atoms with van der Waals surface area (Å²) in [4.78, 5) is 0. The average Bonchev–Trinajstić information content (AvgIpc) is 2.24. The summed E-state index contributed by atoms with van der Waals surface area (Å²) >= 11 is 0. The number of unbranched alkanes of at least 4 members (excludes halogenated alkanes) is 3. The van der Waals surface area contributed by atoms with Crippen LogP contribution in [0.25, 0.3) is 0 Å². The second-order valence-electron chi connectivity index (χ2n) is 5.32. The van der Waals surface area contributed by atoms with E-state index in [-0.39, 0.29) is 0 Å². The molecule has 0 amide bonds. The summed E-state index contributed by atoms with van der Waals surface area (Å²) in [5.41, 5.74) is 0. The molecule has 0 saturated heterocycles. The van der Waals surface area contributed by atoms with Crippen molar-refractivity contribution in [2.75, 3.05) is 6.54 Å². The van der Waals surface area contributed by atoms with Gasteiger partial charge in [0.2, 0.25) is 0 Å². The fourth-order valence-corrected chi connectivity index (χ4v) is 1.85. The molecule has 96 valence electrons. The second kappa shape index (κ2) is 11.2. The van der Waals surface area contributed by atoms with E-state index in [1.54, 1.807) is 0 Å². The van der Waals surface area contributed by atoms with Crippen LogP contribution in [0.5, 0.6) is 0 Å². The third-order valence-electron chi connectivity index (χ3n) is 3.00. The molecule has 0 aromatic heterocycles. The summed E-state index contributed by atoms with van der Waals surface area (Å²) in [5.74, 6) is 0.872. The lowest BCUT2D eigenvalue weighted by Gasteiger charge is -2.12. The van der Waals surface area contributed by atoms with Gasteiger partial charge < -0.3 is 5.32 Å². The number of hydrogen-bond donors (Lipinski definition) is 1. The van der Waals surface area contributed by atoms with Crippen LogP contribution in [0, 0.1) is 5.92 Å². The Morgan fingerprint density at radius 3 is 2.31 bits per heavy atom. The highest BCUT2D eigenvalue weighted by Gasteiger charge is 1.99. The normalized spacial score (nSPS) is 13.0. The Labute approximate surface area is 103 Å². The summed E-state index contributed by atoms with van der Waals surface area (Å²) < 4.78 is 0. The molecule has 0 spiro atoms. The molecule has 1 unspecified atom stereocenters. The van der Waals surface area contributed by atoms with Crippen LogP contribution >= 0.6 is 0 Å². The van der Waals surface area contributed by atoms with Crippen molar-refractivity contribution in [2.24, 2.45) is 5.92 Å². The molecule has 0 fully saturated rings. The number of allylic oxidation sites excluding steroid dienone is 1. The lowest BCUT2D eigenvalue weighted by atomic mass is 10.0. The average molecular weight is 225 g/mol. The van der Waals surface area contributed by atoms with Crippen molar-refractivity contribution in [1.29, 1.82) is 0 Å². The van der Waals surface area contributed by atoms with Gasteiger partial charge in [0.25, 0.3) is 0 Å². The van der Waals surface area contributed by atoms with Gasteiger partial charge in [0.15, 0.2) is 0 Å². The SMILES string of the molecule is C=CCCC(C)NCCCCCCC(C)C. The Bertz CT molecular complexity index is 152. The molecule has 1 heteroatoms. The molecule has 0 aromatic rings. The Kier molecular flexibility index (Phi) is 11.0. The quantitative estimate of drug-likeness (QED) is 0.402.